The topological polar surface area (TPSA) is 38.3 Å². The first-order valence-corrected chi connectivity index (χ1v) is 8.03. The molecule has 0 aliphatic carbocycles. The molecule has 0 radical (unpaired) electrons. The predicted octanol–water partition coefficient (Wildman–Crippen LogP) is 3.41. The van der Waals surface area contributed by atoms with E-state index in [0.29, 0.717) is 0 Å². The molecule has 112 valence electrons. The summed E-state index contributed by atoms with van der Waals surface area (Å²) in [6.45, 7) is 6.78. The molecule has 20 heavy (non-hydrogen) atoms. The molecular weight excluding hydrogens is 270 g/mol. The molecule has 0 saturated carbocycles. The van der Waals surface area contributed by atoms with Crippen molar-refractivity contribution in [2.24, 2.45) is 0 Å². The molecule has 0 aliphatic rings. The van der Waals surface area contributed by atoms with Gasteiger partial charge >= 0.3 is 5.97 Å². The van der Waals surface area contributed by atoms with Crippen LogP contribution in [0.4, 0.5) is 0 Å². The molecule has 1 N–H and O–H groups in total. The van der Waals surface area contributed by atoms with Crippen molar-refractivity contribution < 1.29 is 9.53 Å². The summed E-state index contributed by atoms with van der Waals surface area (Å²) in [4.78, 5) is 13.1. The Labute approximate surface area is 126 Å². The number of nitrogens with one attached hydrogen (secondary N) is 1. The van der Waals surface area contributed by atoms with Gasteiger partial charge in [-0.1, -0.05) is 24.6 Å². The number of hydrogen-bond acceptors (Lipinski definition) is 4. The highest BCUT2D eigenvalue weighted by molar-refractivity contribution is 7.99. The highest BCUT2D eigenvalue weighted by atomic mass is 32.2. The molecule has 0 saturated heterocycles. The second-order valence-corrected chi connectivity index (χ2v) is 6.29. The highest BCUT2D eigenvalue weighted by Crippen LogP contribution is 2.22. The van der Waals surface area contributed by atoms with Gasteiger partial charge in [-0.05, 0) is 51.1 Å². The fraction of sp³-hybridized carbons (Fsp3) is 0.562. The Bertz CT molecular complexity index is 436. The summed E-state index contributed by atoms with van der Waals surface area (Å²) < 4.78 is 4.89. The number of methoxy groups -OCH3 is 1. The van der Waals surface area contributed by atoms with Gasteiger partial charge in [0.15, 0.2) is 0 Å². The number of carbonyl (C=O) groups excluding carboxylic acids is 1. The lowest BCUT2D eigenvalue weighted by molar-refractivity contribution is -0.148. The highest BCUT2D eigenvalue weighted by Gasteiger charge is 2.32. The van der Waals surface area contributed by atoms with Crippen molar-refractivity contribution in [3.8, 4) is 0 Å². The van der Waals surface area contributed by atoms with E-state index in [2.05, 4.69) is 36.5 Å². The van der Waals surface area contributed by atoms with Gasteiger partial charge in [-0.25, -0.2) is 0 Å². The number of carbonyl (C=O) groups is 1. The van der Waals surface area contributed by atoms with Crippen LogP contribution in [-0.4, -0.2) is 30.9 Å². The summed E-state index contributed by atoms with van der Waals surface area (Å²) in [5, 5.41) is 3.23. The number of aryl methyl sites for hydroxylation is 1. The lowest BCUT2D eigenvalue weighted by atomic mass is 9.96. The first-order valence-electron chi connectivity index (χ1n) is 7.04. The van der Waals surface area contributed by atoms with Gasteiger partial charge in [-0.15, -0.1) is 11.8 Å². The van der Waals surface area contributed by atoms with Gasteiger partial charge < -0.3 is 10.1 Å². The Hall–Kier alpha value is -1.00. The van der Waals surface area contributed by atoms with Crippen LogP contribution in [0.15, 0.2) is 29.2 Å². The SMILES string of the molecule is CCNC(C)(CCCSc1cccc(C)c1)C(=O)OC. The van der Waals surface area contributed by atoms with Gasteiger partial charge in [0.2, 0.25) is 0 Å². The largest absolute Gasteiger partial charge is 0.468 e. The van der Waals surface area contributed by atoms with Gasteiger partial charge in [-0.2, -0.15) is 0 Å². The van der Waals surface area contributed by atoms with Crippen LogP contribution >= 0.6 is 11.8 Å². The van der Waals surface area contributed by atoms with Gasteiger partial charge in [0.1, 0.15) is 5.54 Å². The molecule has 1 atom stereocenters. The van der Waals surface area contributed by atoms with Crippen LogP contribution in [0.25, 0.3) is 0 Å². The van der Waals surface area contributed by atoms with E-state index in [-0.39, 0.29) is 5.97 Å². The standard InChI is InChI=1S/C16H25NO2S/c1-5-17-16(3,15(18)19-4)10-7-11-20-14-9-6-8-13(2)12-14/h6,8-9,12,17H,5,7,10-11H2,1-4H3. The molecule has 4 heteroatoms. The van der Waals surface area contributed by atoms with Crippen LogP contribution in [0.1, 0.15) is 32.3 Å². The molecule has 1 rings (SSSR count). The van der Waals surface area contributed by atoms with E-state index in [0.717, 1.165) is 25.1 Å². The van der Waals surface area contributed by atoms with E-state index in [9.17, 15) is 4.79 Å². The first-order chi connectivity index (χ1) is 9.51. The zero-order chi connectivity index (χ0) is 15.0. The third-order valence-electron chi connectivity index (χ3n) is 3.28. The average molecular weight is 295 g/mol. The molecular formula is C16H25NO2S. The predicted molar refractivity (Wildman–Crippen MR) is 85.2 cm³/mol. The van der Waals surface area contributed by atoms with E-state index in [4.69, 9.17) is 4.74 Å². The minimum absolute atomic E-state index is 0.181. The van der Waals surface area contributed by atoms with E-state index >= 15 is 0 Å². The second kappa shape index (κ2) is 8.32. The normalized spacial score (nSPS) is 13.8. The Morgan fingerprint density at radius 2 is 2.20 bits per heavy atom. The van der Waals surface area contributed by atoms with E-state index in [1.54, 1.807) is 0 Å². The number of likely N-dealkylation sites (N-methyl/N-ethyl adjacent to an activating group) is 1. The maximum atomic E-state index is 11.8. The molecule has 0 spiro atoms. The molecule has 1 unspecified atom stereocenters. The summed E-state index contributed by atoms with van der Waals surface area (Å²) in [7, 11) is 1.44. The molecule has 0 bridgehead atoms. The summed E-state index contributed by atoms with van der Waals surface area (Å²) >= 11 is 1.83. The maximum absolute atomic E-state index is 11.8. The van der Waals surface area contributed by atoms with Crippen LogP contribution in [0.3, 0.4) is 0 Å². The third kappa shape index (κ3) is 5.17. The number of thioether (sulfide) groups is 1. The number of esters is 1. The first kappa shape index (κ1) is 17.1. The Balaban J connectivity index is 2.43. The number of benzene rings is 1. The smallest absolute Gasteiger partial charge is 0.325 e. The van der Waals surface area contributed by atoms with Gasteiger partial charge in [0.25, 0.3) is 0 Å². The molecule has 1 aromatic rings. The maximum Gasteiger partial charge on any atom is 0.325 e. The van der Waals surface area contributed by atoms with E-state index < -0.39 is 5.54 Å². The quantitative estimate of drug-likeness (QED) is 0.453. The Morgan fingerprint density at radius 1 is 1.45 bits per heavy atom. The Kier molecular flexibility index (Phi) is 7.10. The van der Waals surface area contributed by atoms with Crippen molar-refractivity contribution in [1.29, 1.82) is 0 Å². The van der Waals surface area contributed by atoms with E-state index in [1.165, 1.54) is 17.6 Å². The number of rotatable bonds is 8. The van der Waals surface area contributed by atoms with Crippen molar-refractivity contribution in [2.75, 3.05) is 19.4 Å². The molecule has 0 aliphatic heterocycles. The molecule has 3 nitrogen and oxygen atoms in total. The fourth-order valence-corrected chi connectivity index (χ4v) is 3.17. The third-order valence-corrected chi connectivity index (χ3v) is 4.36. The summed E-state index contributed by atoms with van der Waals surface area (Å²) in [6.07, 6.45) is 1.75. The van der Waals surface area contributed by atoms with Crippen molar-refractivity contribution in [3.05, 3.63) is 29.8 Å². The molecule has 1 aromatic carbocycles. The molecule has 0 heterocycles. The van der Waals surface area contributed by atoms with E-state index in [1.807, 2.05) is 25.6 Å². The fourth-order valence-electron chi connectivity index (χ4n) is 2.20. The van der Waals surface area contributed by atoms with Crippen molar-refractivity contribution >= 4 is 17.7 Å². The zero-order valence-electron chi connectivity index (χ0n) is 12.9. The summed E-state index contributed by atoms with van der Waals surface area (Å²) in [5.41, 5.74) is 0.707. The molecule has 0 fully saturated rings. The Morgan fingerprint density at radius 3 is 2.80 bits per heavy atom. The van der Waals surface area contributed by atoms with Crippen LogP contribution in [0.5, 0.6) is 0 Å². The molecule has 0 aromatic heterocycles. The van der Waals surface area contributed by atoms with Crippen molar-refractivity contribution in [2.45, 2.75) is 44.0 Å². The van der Waals surface area contributed by atoms with Crippen LogP contribution < -0.4 is 5.32 Å². The van der Waals surface area contributed by atoms with Gasteiger partial charge in [0.05, 0.1) is 7.11 Å². The summed E-state index contributed by atoms with van der Waals surface area (Å²) in [6, 6.07) is 8.49. The monoisotopic (exact) mass is 295 g/mol. The lowest BCUT2D eigenvalue weighted by Gasteiger charge is -2.27. The second-order valence-electron chi connectivity index (χ2n) is 5.12. The van der Waals surface area contributed by atoms with Crippen molar-refractivity contribution in [1.82, 2.24) is 5.32 Å². The minimum Gasteiger partial charge on any atom is -0.468 e. The zero-order valence-corrected chi connectivity index (χ0v) is 13.7. The summed E-state index contributed by atoms with van der Waals surface area (Å²) in [5.74, 6) is 0.821. The van der Waals surface area contributed by atoms with Crippen LogP contribution in [0.2, 0.25) is 0 Å². The van der Waals surface area contributed by atoms with Gasteiger partial charge in [0, 0.05) is 4.90 Å². The van der Waals surface area contributed by atoms with Crippen LogP contribution in [0, 0.1) is 6.92 Å². The number of hydrogen-bond donors (Lipinski definition) is 1. The lowest BCUT2D eigenvalue weighted by Crippen LogP contribution is -2.50. The van der Waals surface area contributed by atoms with Crippen LogP contribution in [-0.2, 0) is 9.53 Å². The minimum atomic E-state index is -0.573. The molecule has 0 amide bonds. The average Bonchev–Trinajstić information content (AvgIpc) is 2.43. The number of ether oxygens (including phenoxy) is 1. The van der Waals surface area contributed by atoms with Crippen molar-refractivity contribution in [3.63, 3.8) is 0 Å². The van der Waals surface area contributed by atoms with Gasteiger partial charge in [-0.3, -0.25) is 4.79 Å².